The van der Waals surface area contributed by atoms with E-state index < -0.39 is 25.0 Å². The molecule has 0 aromatic rings. The van der Waals surface area contributed by atoms with Gasteiger partial charge in [0.15, 0.2) is 0 Å². The molecule has 0 bridgehead atoms. The maximum atomic E-state index is 10.1. The summed E-state index contributed by atoms with van der Waals surface area (Å²) in [5.74, 6) is -2.49. The maximum Gasteiger partial charge on any atom is 1.00 e. The second-order valence-electron chi connectivity index (χ2n) is 2.20. The monoisotopic (exact) mass is 199 g/mol. The van der Waals surface area contributed by atoms with Crippen LogP contribution < -0.4 is 34.7 Å². The molecular weight excluding hydrogens is 189 g/mol. The molecule has 0 fully saturated rings. The van der Waals surface area contributed by atoms with Crippen molar-refractivity contribution in [2.45, 2.75) is 0 Å². The Morgan fingerprint density at radius 3 is 2.15 bits per heavy atom. The standard InChI is InChI=1S/C6H11NO5.Na/c8-2-1-7(3-5(9)10)4-6(11)12;/h8H,1-4H2,(H,9,10)(H,11,12);/q;+1/p-1. The van der Waals surface area contributed by atoms with Gasteiger partial charge in [-0.25, -0.2) is 0 Å². The smallest absolute Gasteiger partial charge is 0.549 e. The first kappa shape index (κ1) is 15.3. The summed E-state index contributed by atoms with van der Waals surface area (Å²) in [6.07, 6.45) is 0. The van der Waals surface area contributed by atoms with Crippen LogP contribution in [-0.2, 0) is 9.59 Å². The van der Waals surface area contributed by atoms with Gasteiger partial charge < -0.3 is 20.1 Å². The molecule has 0 saturated heterocycles. The van der Waals surface area contributed by atoms with E-state index in [0.717, 1.165) is 4.90 Å². The largest absolute Gasteiger partial charge is 1.00 e. The van der Waals surface area contributed by atoms with Gasteiger partial charge in [0, 0.05) is 13.1 Å². The normalized spacial score (nSPS) is 9.38. The molecule has 0 amide bonds. The van der Waals surface area contributed by atoms with E-state index in [2.05, 4.69) is 0 Å². The van der Waals surface area contributed by atoms with Gasteiger partial charge in [0.05, 0.1) is 19.1 Å². The number of rotatable bonds is 6. The van der Waals surface area contributed by atoms with Crippen molar-refractivity contribution in [2.75, 3.05) is 26.2 Å². The molecule has 0 spiro atoms. The predicted molar refractivity (Wildman–Crippen MR) is 36.2 cm³/mol. The van der Waals surface area contributed by atoms with Crippen molar-refractivity contribution in [1.82, 2.24) is 4.90 Å². The first-order chi connectivity index (χ1) is 5.56. The molecule has 0 heterocycles. The molecule has 0 radical (unpaired) electrons. The van der Waals surface area contributed by atoms with Crippen LogP contribution in [-0.4, -0.2) is 53.3 Å². The Bertz CT molecular complexity index is 158. The molecule has 0 unspecified atom stereocenters. The molecule has 7 heteroatoms. The Labute approximate surface area is 97.4 Å². The van der Waals surface area contributed by atoms with Crippen molar-refractivity contribution in [3.63, 3.8) is 0 Å². The Balaban J connectivity index is 0. The number of nitrogens with zero attached hydrogens (tertiary/aromatic N) is 1. The summed E-state index contributed by atoms with van der Waals surface area (Å²) in [6, 6.07) is 0. The summed E-state index contributed by atoms with van der Waals surface area (Å²) >= 11 is 0. The average molecular weight is 199 g/mol. The van der Waals surface area contributed by atoms with Gasteiger partial charge >= 0.3 is 35.5 Å². The number of carboxylic acid groups (broad SMARTS) is 2. The van der Waals surface area contributed by atoms with E-state index in [9.17, 15) is 14.7 Å². The fourth-order valence-corrected chi connectivity index (χ4v) is 0.729. The van der Waals surface area contributed by atoms with E-state index in [-0.39, 0.29) is 42.7 Å². The molecule has 0 aliphatic rings. The van der Waals surface area contributed by atoms with E-state index in [4.69, 9.17) is 10.2 Å². The van der Waals surface area contributed by atoms with Crippen molar-refractivity contribution in [2.24, 2.45) is 0 Å². The third-order valence-corrected chi connectivity index (χ3v) is 1.13. The first-order valence-electron chi connectivity index (χ1n) is 3.31. The van der Waals surface area contributed by atoms with Crippen molar-refractivity contribution in [3.05, 3.63) is 0 Å². The molecule has 70 valence electrons. The number of aliphatic carboxylic acids is 2. The molecule has 0 aromatic carbocycles. The number of aliphatic hydroxyl groups is 1. The van der Waals surface area contributed by atoms with Crippen LogP contribution >= 0.6 is 0 Å². The van der Waals surface area contributed by atoms with Crippen LogP contribution in [0.3, 0.4) is 0 Å². The summed E-state index contributed by atoms with van der Waals surface area (Å²) in [5.41, 5.74) is 0. The molecule has 0 atom stereocenters. The number of hydrogen-bond donors (Lipinski definition) is 2. The number of carbonyl (C=O) groups is 2. The Morgan fingerprint density at radius 1 is 1.31 bits per heavy atom. The van der Waals surface area contributed by atoms with Gasteiger partial charge in [-0.15, -0.1) is 0 Å². The number of aliphatic hydroxyl groups excluding tert-OH is 1. The number of carbonyl (C=O) groups excluding carboxylic acids is 1. The Hall–Kier alpha value is -0.140. The zero-order chi connectivity index (χ0) is 9.56. The third-order valence-electron chi connectivity index (χ3n) is 1.13. The Kier molecular flexibility index (Phi) is 9.98. The van der Waals surface area contributed by atoms with Gasteiger partial charge in [-0.2, -0.15) is 0 Å². The molecular formula is C6H10NNaO5. The van der Waals surface area contributed by atoms with Gasteiger partial charge in [0.25, 0.3) is 0 Å². The van der Waals surface area contributed by atoms with E-state index in [0.29, 0.717) is 0 Å². The molecule has 2 N–H and O–H groups in total. The number of hydrogen-bond acceptors (Lipinski definition) is 5. The minimum Gasteiger partial charge on any atom is -0.549 e. The third kappa shape index (κ3) is 9.78. The van der Waals surface area contributed by atoms with Crippen molar-refractivity contribution in [1.29, 1.82) is 0 Å². The van der Waals surface area contributed by atoms with Crippen molar-refractivity contribution in [3.8, 4) is 0 Å². The van der Waals surface area contributed by atoms with E-state index >= 15 is 0 Å². The second kappa shape index (κ2) is 8.46. The van der Waals surface area contributed by atoms with Gasteiger partial charge in [0.1, 0.15) is 0 Å². The fourth-order valence-electron chi connectivity index (χ4n) is 0.729. The molecule has 0 aliphatic carbocycles. The fraction of sp³-hybridized carbons (Fsp3) is 0.667. The van der Waals surface area contributed by atoms with Gasteiger partial charge in [-0.1, -0.05) is 0 Å². The van der Waals surface area contributed by atoms with E-state index in [1.807, 2.05) is 0 Å². The van der Waals surface area contributed by atoms with Crippen LogP contribution in [0, 0.1) is 0 Å². The van der Waals surface area contributed by atoms with Crippen LogP contribution in [0.5, 0.6) is 0 Å². The molecule has 0 aliphatic heterocycles. The topological polar surface area (TPSA) is 101 Å². The summed E-state index contributed by atoms with van der Waals surface area (Å²) in [7, 11) is 0. The van der Waals surface area contributed by atoms with Gasteiger partial charge in [-0.3, -0.25) is 9.69 Å². The van der Waals surface area contributed by atoms with Crippen LogP contribution in [0.25, 0.3) is 0 Å². The van der Waals surface area contributed by atoms with E-state index in [1.165, 1.54) is 0 Å². The predicted octanol–water partition coefficient (Wildman–Crippen LogP) is -5.88. The van der Waals surface area contributed by atoms with Crippen LogP contribution in [0.2, 0.25) is 0 Å². The summed E-state index contributed by atoms with van der Waals surface area (Å²) in [6.45, 7) is -1.15. The van der Waals surface area contributed by atoms with Gasteiger partial charge in [0.2, 0.25) is 0 Å². The zero-order valence-electron chi connectivity index (χ0n) is 7.39. The summed E-state index contributed by atoms with van der Waals surface area (Å²) in [5, 5.41) is 26.7. The average Bonchev–Trinajstić information content (AvgIpc) is 1.84. The minimum atomic E-state index is -1.36. The summed E-state index contributed by atoms with van der Waals surface area (Å²) < 4.78 is 0. The van der Waals surface area contributed by atoms with Gasteiger partial charge in [-0.05, 0) is 0 Å². The van der Waals surface area contributed by atoms with Crippen molar-refractivity contribution < 1.29 is 54.5 Å². The SMILES string of the molecule is O=C([O-])CN(CCO)CC(=O)O.[Na+]. The van der Waals surface area contributed by atoms with Crippen molar-refractivity contribution >= 4 is 11.9 Å². The van der Waals surface area contributed by atoms with Crippen LogP contribution in [0.4, 0.5) is 0 Å². The Morgan fingerprint density at radius 2 is 1.85 bits per heavy atom. The molecule has 0 rings (SSSR count). The summed E-state index contributed by atoms with van der Waals surface area (Å²) in [4.78, 5) is 21.2. The van der Waals surface area contributed by atoms with E-state index in [1.54, 1.807) is 0 Å². The first-order valence-corrected chi connectivity index (χ1v) is 3.31. The van der Waals surface area contributed by atoms with Crippen LogP contribution in [0.1, 0.15) is 0 Å². The molecule has 0 saturated carbocycles. The quantitative estimate of drug-likeness (QED) is 0.413. The molecule has 6 nitrogen and oxygen atoms in total. The van der Waals surface area contributed by atoms with Crippen LogP contribution in [0.15, 0.2) is 0 Å². The maximum absolute atomic E-state index is 10.1. The zero-order valence-corrected chi connectivity index (χ0v) is 9.39. The number of carboxylic acids is 2. The second-order valence-corrected chi connectivity index (χ2v) is 2.20. The minimum absolute atomic E-state index is 0. The molecule has 0 aromatic heterocycles. The molecule has 13 heavy (non-hydrogen) atoms.